The molecule has 2 N–H and O–H groups in total. The summed E-state index contributed by atoms with van der Waals surface area (Å²) in [6, 6.07) is 3.22. The fourth-order valence-electron chi connectivity index (χ4n) is 1.64. The molecular formula is C11H15F2NO2. The van der Waals surface area contributed by atoms with Crippen LogP contribution >= 0.6 is 0 Å². The number of aryl methyl sites for hydroxylation is 1. The molecule has 0 aliphatic heterocycles. The van der Waals surface area contributed by atoms with E-state index in [1.807, 2.05) is 0 Å². The molecule has 3 nitrogen and oxygen atoms in total. The molecule has 0 fully saturated rings. The first-order valence-corrected chi connectivity index (χ1v) is 4.87. The second-order valence-electron chi connectivity index (χ2n) is 3.47. The number of halogens is 2. The maximum Gasteiger partial charge on any atom is 0.267 e. The van der Waals surface area contributed by atoms with Crippen LogP contribution in [0, 0.1) is 6.92 Å². The second kappa shape index (κ2) is 5.77. The lowest BCUT2D eigenvalue weighted by Gasteiger charge is -2.14. The van der Waals surface area contributed by atoms with Gasteiger partial charge in [0.05, 0.1) is 19.3 Å². The van der Waals surface area contributed by atoms with Crippen molar-refractivity contribution in [2.75, 3.05) is 13.7 Å². The van der Waals surface area contributed by atoms with E-state index < -0.39 is 6.43 Å². The molecule has 0 aliphatic rings. The molecule has 0 radical (unpaired) electrons. The molecule has 0 saturated carbocycles. The Morgan fingerprint density at radius 2 is 2.06 bits per heavy atom. The van der Waals surface area contributed by atoms with Crippen LogP contribution in [0.15, 0.2) is 12.1 Å². The average molecular weight is 231 g/mol. The molecular weight excluding hydrogens is 216 g/mol. The highest BCUT2D eigenvalue weighted by Crippen LogP contribution is 2.33. The van der Waals surface area contributed by atoms with E-state index in [-0.39, 0.29) is 17.9 Å². The van der Waals surface area contributed by atoms with Gasteiger partial charge in [-0.1, -0.05) is 11.6 Å². The Morgan fingerprint density at radius 3 is 2.56 bits per heavy atom. The minimum Gasteiger partial charge on any atom is -0.496 e. The summed E-state index contributed by atoms with van der Waals surface area (Å²) in [7, 11) is 1.38. The Bertz CT molecular complexity index is 356. The quantitative estimate of drug-likeness (QED) is 0.791. The monoisotopic (exact) mass is 231 g/mol. The van der Waals surface area contributed by atoms with E-state index in [0.29, 0.717) is 12.0 Å². The SMILES string of the molecule is COc1c(CCON)cc(C)cc1C(F)F. The van der Waals surface area contributed by atoms with Crippen LogP contribution in [0.3, 0.4) is 0 Å². The molecule has 1 aromatic rings. The van der Waals surface area contributed by atoms with Gasteiger partial charge in [0.2, 0.25) is 0 Å². The van der Waals surface area contributed by atoms with Gasteiger partial charge < -0.3 is 9.57 Å². The minimum absolute atomic E-state index is 0.0884. The lowest BCUT2D eigenvalue weighted by atomic mass is 10.0. The van der Waals surface area contributed by atoms with Crippen LogP contribution in [-0.4, -0.2) is 13.7 Å². The molecule has 16 heavy (non-hydrogen) atoms. The zero-order valence-corrected chi connectivity index (χ0v) is 9.30. The zero-order valence-electron chi connectivity index (χ0n) is 9.30. The van der Waals surface area contributed by atoms with Crippen molar-refractivity contribution >= 4 is 0 Å². The van der Waals surface area contributed by atoms with Crippen molar-refractivity contribution in [3.05, 3.63) is 28.8 Å². The average Bonchev–Trinajstić information content (AvgIpc) is 2.25. The predicted molar refractivity (Wildman–Crippen MR) is 56.5 cm³/mol. The second-order valence-corrected chi connectivity index (χ2v) is 3.47. The van der Waals surface area contributed by atoms with E-state index in [9.17, 15) is 8.78 Å². The maximum atomic E-state index is 12.8. The normalized spacial score (nSPS) is 10.9. The van der Waals surface area contributed by atoms with Crippen molar-refractivity contribution in [3.8, 4) is 5.75 Å². The Kier molecular flexibility index (Phi) is 4.64. The van der Waals surface area contributed by atoms with Gasteiger partial charge in [-0.05, 0) is 18.6 Å². The van der Waals surface area contributed by atoms with Gasteiger partial charge in [-0.2, -0.15) is 0 Å². The molecule has 0 bridgehead atoms. The number of hydrogen-bond acceptors (Lipinski definition) is 3. The van der Waals surface area contributed by atoms with E-state index >= 15 is 0 Å². The largest absolute Gasteiger partial charge is 0.496 e. The van der Waals surface area contributed by atoms with Gasteiger partial charge in [0.25, 0.3) is 6.43 Å². The Balaban J connectivity index is 3.14. The molecule has 0 amide bonds. The van der Waals surface area contributed by atoms with E-state index in [0.717, 1.165) is 5.56 Å². The van der Waals surface area contributed by atoms with E-state index in [2.05, 4.69) is 4.84 Å². The van der Waals surface area contributed by atoms with E-state index in [1.54, 1.807) is 13.0 Å². The third-order valence-corrected chi connectivity index (χ3v) is 2.27. The maximum absolute atomic E-state index is 12.8. The highest BCUT2D eigenvalue weighted by molar-refractivity contribution is 5.45. The topological polar surface area (TPSA) is 44.5 Å². The number of rotatable bonds is 5. The summed E-state index contributed by atoms with van der Waals surface area (Å²) < 4.78 is 30.5. The molecule has 1 rings (SSSR count). The van der Waals surface area contributed by atoms with Crippen LogP contribution in [0.1, 0.15) is 23.1 Å². The summed E-state index contributed by atoms with van der Waals surface area (Å²) in [5.41, 5.74) is 1.36. The molecule has 0 unspecified atom stereocenters. The molecule has 0 saturated heterocycles. The standard InChI is InChI=1S/C11H15F2NO2/c1-7-5-8(3-4-16-14)10(15-2)9(6-7)11(12)13/h5-6,11H,3-4,14H2,1-2H3. The minimum atomic E-state index is -2.55. The van der Waals surface area contributed by atoms with Gasteiger partial charge in [0, 0.05) is 6.42 Å². The van der Waals surface area contributed by atoms with Crippen LogP contribution in [0.2, 0.25) is 0 Å². The molecule has 0 heterocycles. The smallest absolute Gasteiger partial charge is 0.267 e. The van der Waals surface area contributed by atoms with Gasteiger partial charge in [-0.3, -0.25) is 0 Å². The Labute approximate surface area is 93.1 Å². The highest BCUT2D eigenvalue weighted by atomic mass is 19.3. The van der Waals surface area contributed by atoms with Gasteiger partial charge >= 0.3 is 0 Å². The summed E-state index contributed by atoms with van der Waals surface area (Å²) in [6.07, 6.45) is -2.10. The summed E-state index contributed by atoms with van der Waals surface area (Å²) in [5, 5.41) is 0. The fourth-order valence-corrected chi connectivity index (χ4v) is 1.64. The van der Waals surface area contributed by atoms with Crippen molar-refractivity contribution in [2.24, 2.45) is 5.90 Å². The number of benzene rings is 1. The molecule has 5 heteroatoms. The van der Waals surface area contributed by atoms with Crippen molar-refractivity contribution in [3.63, 3.8) is 0 Å². The van der Waals surface area contributed by atoms with Crippen molar-refractivity contribution in [2.45, 2.75) is 19.8 Å². The number of alkyl halides is 2. The molecule has 0 atom stereocenters. The molecule has 0 spiro atoms. The fraction of sp³-hybridized carbons (Fsp3) is 0.455. The summed E-state index contributed by atoms with van der Waals surface area (Å²) in [5.74, 6) is 5.13. The molecule has 0 aromatic heterocycles. The van der Waals surface area contributed by atoms with Crippen molar-refractivity contribution in [1.82, 2.24) is 0 Å². The third-order valence-electron chi connectivity index (χ3n) is 2.27. The van der Waals surface area contributed by atoms with Crippen molar-refractivity contribution in [1.29, 1.82) is 0 Å². The predicted octanol–water partition coefficient (Wildman–Crippen LogP) is 2.37. The molecule has 1 aromatic carbocycles. The summed E-state index contributed by atoms with van der Waals surface area (Å²) in [6.45, 7) is 2.03. The van der Waals surface area contributed by atoms with Gasteiger partial charge in [-0.15, -0.1) is 0 Å². The van der Waals surface area contributed by atoms with Gasteiger partial charge in [0.1, 0.15) is 5.75 Å². The van der Waals surface area contributed by atoms with Crippen LogP contribution in [0.5, 0.6) is 5.75 Å². The van der Waals surface area contributed by atoms with E-state index in [4.69, 9.17) is 10.6 Å². The molecule has 90 valence electrons. The molecule has 0 aliphatic carbocycles. The number of ether oxygens (including phenoxy) is 1. The van der Waals surface area contributed by atoms with E-state index in [1.165, 1.54) is 13.2 Å². The first kappa shape index (κ1) is 12.9. The van der Waals surface area contributed by atoms with Crippen LogP contribution in [0.25, 0.3) is 0 Å². The summed E-state index contributed by atoms with van der Waals surface area (Å²) >= 11 is 0. The third kappa shape index (κ3) is 2.90. The highest BCUT2D eigenvalue weighted by Gasteiger charge is 2.17. The number of hydrogen-bond donors (Lipinski definition) is 1. The first-order valence-electron chi connectivity index (χ1n) is 4.87. The lowest BCUT2D eigenvalue weighted by Crippen LogP contribution is -2.06. The Morgan fingerprint density at radius 1 is 1.38 bits per heavy atom. The van der Waals surface area contributed by atoms with Crippen molar-refractivity contribution < 1.29 is 18.4 Å². The van der Waals surface area contributed by atoms with Crippen LogP contribution in [-0.2, 0) is 11.3 Å². The first-order chi connectivity index (χ1) is 7.60. The van der Waals surface area contributed by atoms with Gasteiger partial charge in [-0.25, -0.2) is 14.7 Å². The number of methoxy groups -OCH3 is 1. The lowest BCUT2D eigenvalue weighted by molar-refractivity contribution is 0.138. The summed E-state index contributed by atoms with van der Waals surface area (Å²) in [4.78, 5) is 4.44. The van der Waals surface area contributed by atoms with Crippen LogP contribution < -0.4 is 10.6 Å². The number of nitrogens with two attached hydrogens (primary N) is 1. The Hall–Kier alpha value is -1.20. The van der Waals surface area contributed by atoms with Gasteiger partial charge in [0.15, 0.2) is 0 Å². The van der Waals surface area contributed by atoms with Crippen LogP contribution in [0.4, 0.5) is 8.78 Å². The zero-order chi connectivity index (χ0) is 12.1.